The summed E-state index contributed by atoms with van der Waals surface area (Å²) in [5.74, 6) is 0.725. The minimum absolute atomic E-state index is 0.352. The highest BCUT2D eigenvalue weighted by molar-refractivity contribution is 6.37. The minimum atomic E-state index is 0.352. The van der Waals surface area contributed by atoms with Crippen LogP contribution < -0.4 is 4.74 Å². The van der Waals surface area contributed by atoms with E-state index in [1.165, 1.54) is 0 Å². The molecular weight excluding hydrogens is 275 g/mol. The fourth-order valence-corrected chi connectivity index (χ4v) is 1.93. The molecule has 0 aliphatic carbocycles. The minimum Gasteiger partial charge on any atom is -0.436 e. The van der Waals surface area contributed by atoms with Crippen molar-refractivity contribution in [1.29, 1.82) is 0 Å². The van der Waals surface area contributed by atoms with E-state index in [4.69, 9.17) is 27.9 Å². The third-order valence-corrected chi connectivity index (χ3v) is 2.88. The molecule has 2 aromatic heterocycles. The smallest absolute Gasteiger partial charge is 0.224 e. The van der Waals surface area contributed by atoms with Crippen molar-refractivity contribution < 1.29 is 4.74 Å². The summed E-state index contributed by atoms with van der Waals surface area (Å²) in [5.41, 5.74) is 0.628. The van der Waals surface area contributed by atoms with E-state index in [2.05, 4.69) is 15.2 Å². The molecule has 3 rings (SSSR count). The van der Waals surface area contributed by atoms with Crippen molar-refractivity contribution in [2.45, 2.75) is 0 Å². The van der Waals surface area contributed by atoms with E-state index in [-0.39, 0.29) is 0 Å². The van der Waals surface area contributed by atoms with Gasteiger partial charge in [-0.25, -0.2) is 4.98 Å². The first-order valence-corrected chi connectivity index (χ1v) is 5.77. The third kappa shape index (κ3) is 1.98. The topological polar surface area (TPSA) is 52.3 Å². The lowest BCUT2D eigenvalue weighted by molar-refractivity contribution is 0.462. The summed E-state index contributed by atoms with van der Waals surface area (Å²) < 4.78 is 7.23. The molecule has 0 fully saturated rings. The lowest BCUT2D eigenvalue weighted by Crippen LogP contribution is -1.92. The van der Waals surface area contributed by atoms with Crippen LogP contribution in [0.5, 0.6) is 11.6 Å². The number of nitrogens with zero attached hydrogens (tertiary/aromatic N) is 4. The first-order chi connectivity index (χ1) is 8.74. The first kappa shape index (κ1) is 11.3. The van der Waals surface area contributed by atoms with Gasteiger partial charge in [0.15, 0.2) is 11.4 Å². The Balaban J connectivity index is 2.00. The van der Waals surface area contributed by atoms with E-state index in [0.717, 1.165) is 0 Å². The lowest BCUT2D eigenvalue weighted by atomic mass is 10.3. The Kier molecular flexibility index (Phi) is 2.77. The Morgan fingerprint density at radius 2 is 1.89 bits per heavy atom. The molecule has 5 nitrogen and oxygen atoms in total. The molecule has 3 aromatic rings. The van der Waals surface area contributed by atoms with Gasteiger partial charge in [-0.05, 0) is 12.1 Å². The molecule has 1 aromatic carbocycles. The van der Waals surface area contributed by atoms with Gasteiger partial charge in [-0.1, -0.05) is 29.3 Å². The maximum atomic E-state index is 6.01. The Morgan fingerprint density at radius 1 is 1.11 bits per heavy atom. The third-order valence-electron chi connectivity index (χ3n) is 2.29. The zero-order chi connectivity index (χ0) is 12.5. The van der Waals surface area contributed by atoms with Crippen LogP contribution in [0, 0.1) is 0 Å². The van der Waals surface area contributed by atoms with Gasteiger partial charge in [0, 0.05) is 6.07 Å². The molecule has 0 saturated carbocycles. The first-order valence-electron chi connectivity index (χ1n) is 5.01. The largest absolute Gasteiger partial charge is 0.436 e. The Morgan fingerprint density at radius 3 is 2.67 bits per heavy atom. The molecule has 2 heterocycles. The van der Waals surface area contributed by atoms with Crippen molar-refractivity contribution in [3.8, 4) is 11.6 Å². The van der Waals surface area contributed by atoms with Crippen molar-refractivity contribution >= 4 is 28.8 Å². The van der Waals surface area contributed by atoms with Gasteiger partial charge >= 0.3 is 0 Å². The van der Waals surface area contributed by atoms with Crippen molar-refractivity contribution in [2.75, 3.05) is 0 Å². The van der Waals surface area contributed by atoms with Crippen LogP contribution in [0.4, 0.5) is 0 Å². The maximum Gasteiger partial charge on any atom is 0.224 e. The van der Waals surface area contributed by atoms with Crippen LogP contribution in [0.1, 0.15) is 0 Å². The molecule has 0 amide bonds. The number of hydrogen-bond donors (Lipinski definition) is 0. The van der Waals surface area contributed by atoms with Gasteiger partial charge in [0.05, 0.1) is 10.0 Å². The molecule has 0 radical (unpaired) electrons. The quantitative estimate of drug-likeness (QED) is 0.723. The highest BCUT2D eigenvalue weighted by atomic mass is 35.5. The number of aromatic nitrogens is 4. The molecular formula is C11H6Cl2N4O. The number of rotatable bonds is 2. The molecule has 0 N–H and O–H groups in total. The summed E-state index contributed by atoms with van der Waals surface area (Å²) in [5, 5.41) is 8.49. The van der Waals surface area contributed by atoms with Crippen molar-refractivity contribution in [1.82, 2.24) is 19.6 Å². The van der Waals surface area contributed by atoms with Crippen molar-refractivity contribution in [3.05, 3.63) is 47.0 Å². The average Bonchev–Trinajstić information content (AvgIpc) is 2.81. The van der Waals surface area contributed by atoms with E-state index < -0.39 is 0 Å². The second kappa shape index (κ2) is 4.44. The predicted octanol–water partition coefficient (Wildman–Crippen LogP) is 3.22. The van der Waals surface area contributed by atoms with Crippen molar-refractivity contribution in [3.63, 3.8) is 0 Å². The molecule has 90 valence electrons. The van der Waals surface area contributed by atoms with Crippen LogP contribution in [0.2, 0.25) is 10.0 Å². The molecule has 7 heteroatoms. The van der Waals surface area contributed by atoms with E-state index in [1.807, 2.05) is 0 Å². The Labute approximate surface area is 112 Å². The number of hydrogen-bond acceptors (Lipinski definition) is 4. The van der Waals surface area contributed by atoms with Gasteiger partial charge in [-0.3, -0.25) is 4.40 Å². The van der Waals surface area contributed by atoms with E-state index in [1.54, 1.807) is 41.3 Å². The molecule has 0 atom stereocenters. The van der Waals surface area contributed by atoms with Gasteiger partial charge in [0.1, 0.15) is 12.7 Å². The number of halogens is 2. The van der Waals surface area contributed by atoms with Gasteiger partial charge in [-0.2, -0.15) is 0 Å². The van der Waals surface area contributed by atoms with Crippen LogP contribution in [0.25, 0.3) is 5.65 Å². The molecule has 0 spiro atoms. The molecule has 0 aliphatic rings. The maximum absolute atomic E-state index is 6.01. The van der Waals surface area contributed by atoms with Crippen LogP contribution in [0.3, 0.4) is 0 Å². The molecule has 0 bridgehead atoms. The second-order valence-electron chi connectivity index (χ2n) is 3.48. The van der Waals surface area contributed by atoms with Gasteiger partial charge in [0.2, 0.25) is 5.88 Å². The van der Waals surface area contributed by atoms with Crippen LogP contribution >= 0.6 is 23.2 Å². The standard InChI is InChI=1S/C11H6Cl2N4O/c12-7-2-1-3-8(13)11(7)18-10-4-9-16-15-6-17(9)5-14-10/h1-6H. The second-order valence-corrected chi connectivity index (χ2v) is 4.29. The molecule has 0 unspecified atom stereocenters. The highest BCUT2D eigenvalue weighted by Gasteiger charge is 2.09. The van der Waals surface area contributed by atoms with Crippen molar-refractivity contribution in [2.24, 2.45) is 0 Å². The average molecular weight is 281 g/mol. The summed E-state index contributed by atoms with van der Waals surface area (Å²) in [6.07, 6.45) is 3.10. The fourth-order valence-electron chi connectivity index (χ4n) is 1.45. The van der Waals surface area contributed by atoms with Gasteiger partial charge < -0.3 is 4.74 Å². The number of para-hydroxylation sites is 1. The Bertz CT molecular complexity index is 693. The number of ether oxygens (including phenoxy) is 1. The van der Waals surface area contributed by atoms with Crippen LogP contribution in [-0.2, 0) is 0 Å². The molecule has 0 aliphatic heterocycles. The summed E-state index contributed by atoms with van der Waals surface area (Å²) in [4.78, 5) is 4.10. The normalized spacial score (nSPS) is 10.8. The molecule has 18 heavy (non-hydrogen) atoms. The molecule has 0 saturated heterocycles. The SMILES string of the molecule is Clc1cccc(Cl)c1Oc1cc2nncn2cn1. The van der Waals surface area contributed by atoms with E-state index >= 15 is 0 Å². The van der Waals surface area contributed by atoms with Crippen LogP contribution in [0.15, 0.2) is 36.9 Å². The Hall–Kier alpha value is -1.85. The summed E-state index contributed by atoms with van der Waals surface area (Å²) in [6.45, 7) is 0. The van der Waals surface area contributed by atoms with Gasteiger partial charge in [-0.15, -0.1) is 10.2 Å². The summed E-state index contributed by atoms with van der Waals surface area (Å²) >= 11 is 12.0. The predicted molar refractivity (Wildman–Crippen MR) is 67.3 cm³/mol. The van der Waals surface area contributed by atoms with Crippen LogP contribution in [-0.4, -0.2) is 19.6 Å². The summed E-state index contributed by atoms with van der Waals surface area (Å²) in [7, 11) is 0. The zero-order valence-electron chi connectivity index (χ0n) is 8.92. The lowest BCUT2D eigenvalue weighted by Gasteiger charge is -2.07. The summed E-state index contributed by atoms with van der Waals surface area (Å²) in [6, 6.07) is 6.77. The van der Waals surface area contributed by atoms with Gasteiger partial charge in [0.25, 0.3) is 0 Å². The fraction of sp³-hybridized carbons (Fsp3) is 0. The number of fused-ring (bicyclic) bond motifs is 1. The van der Waals surface area contributed by atoms with E-state index in [9.17, 15) is 0 Å². The van der Waals surface area contributed by atoms with E-state index in [0.29, 0.717) is 27.3 Å². The monoisotopic (exact) mass is 280 g/mol. The number of benzene rings is 1. The highest BCUT2D eigenvalue weighted by Crippen LogP contribution is 2.35. The zero-order valence-corrected chi connectivity index (χ0v) is 10.4.